The molecule has 3 aliphatic heterocycles. The van der Waals surface area contributed by atoms with Gasteiger partial charge >= 0.3 is 0 Å². The Morgan fingerprint density at radius 2 is 1.63 bits per heavy atom. The predicted octanol–water partition coefficient (Wildman–Crippen LogP) is 2.24. The van der Waals surface area contributed by atoms with Crippen molar-refractivity contribution in [3.63, 3.8) is 0 Å². The smallest absolute Gasteiger partial charge is 0.153 e. The third kappa shape index (κ3) is 3.50. The Kier molecular flexibility index (Phi) is 5.67. The second-order valence-electron chi connectivity index (χ2n) is 6.56. The lowest BCUT2D eigenvalue weighted by Crippen LogP contribution is -2.65. The highest BCUT2D eigenvalue weighted by molar-refractivity contribution is 5.11. The third-order valence-electron chi connectivity index (χ3n) is 5.44. The molecular formula is C16H31N2O+. The molecule has 3 aliphatic rings. The molecule has 0 aromatic heterocycles. The zero-order valence-electron chi connectivity index (χ0n) is 12.8. The van der Waals surface area contributed by atoms with Crippen molar-refractivity contribution < 1.29 is 5.11 Å². The number of nitrogens with zero attached hydrogens (tertiary/aromatic N) is 2. The Labute approximate surface area is 118 Å². The molecule has 2 radical (unpaired) electrons. The zero-order chi connectivity index (χ0) is 13.7. The Balaban J connectivity index is 0.000000163. The summed E-state index contributed by atoms with van der Waals surface area (Å²) in [6.45, 7) is 8.89. The summed E-state index contributed by atoms with van der Waals surface area (Å²) in [6.07, 6.45) is 9.27. The van der Waals surface area contributed by atoms with Gasteiger partial charge in [-0.15, -0.1) is 0 Å². The molecule has 110 valence electrons. The minimum Gasteiger partial charge on any atom is -0.393 e. The van der Waals surface area contributed by atoms with E-state index in [0.717, 1.165) is 13.1 Å². The highest BCUT2D eigenvalue weighted by Crippen LogP contribution is 2.44. The first-order valence-corrected chi connectivity index (χ1v) is 8.23. The van der Waals surface area contributed by atoms with E-state index in [1.807, 2.05) is 6.92 Å². The predicted molar refractivity (Wildman–Crippen MR) is 79.6 cm³/mol. The van der Waals surface area contributed by atoms with E-state index < -0.39 is 0 Å². The van der Waals surface area contributed by atoms with Gasteiger partial charge in [-0.05, 0) is 19.8 Å². The van der Waals surface area contributed by atoms with Crippen LogP contribution < -0.4 is 10.2 Å². The summed E-state index contributed by atoms with van der Waals surface area (Å²) in [5.74, 6) is 0.453. The third-order valence-corrected chi connectivity index (χ3v) is 5.44. The maximum atomic E-state index is 9.57. The van der Waals surface area contributed by atoms with Crippen molar-refractivity contribution in [1.29, 1.82) is 0 Å². The fourth-order valence-corrected chi connectivity index (χ4v) is 3.86. The Bertz CT molecular complexity index is 250. The molecule has 0 saturated carbocycles. The van der Waals surface area contributed by atoms with E-state index >= 15 is 0 Å². The van der Waals surface area contributed by atoms with Crippen LogP contribution in [0.4, 0.5) is 0 Å². The van der Waals surface area contributed by atoms with Crippen LogP contribution in [0.15, 0.2) is 0 Å². The standard InChI is InChI=1S/C10H19NO.C6H12N/c1-8(9(2)12)10-4-3-6-11(10)7-5-10;1-2-4-6-7-5-3-1/h8-9,12H,3-7H2,1-2H3;1-6H2/q+1;. The monoisotopic (exact) mass is 267 g/mol. The van der Waals surface area contributed by atoms with E-state index in [-0.39, 0.29) is 6.10 Å². The second-order valence-corrected chi connectivity index (χ2v) is 6.56. The molecule has 3 unspecified atom stereocenters. The van der Waals surface area contributed by atoms with Gasteiger partial charge in [-0.2, -0.15) is 4.90 Å². The molecule has 0 aliphatic carbocycles. The average Bonchev–Trinajstić information content (AvgIpc) is 2.63. The van der Waals surface area contributed by atoms with Crippen LogP contribution in [0, 0.1) is 5.92 Å². The van der Waals surface area contributed by atoms with E-state index in [2.05, 4.69) is 17.1 Å². The first-order valence-electron chi connectivity index (χ1n) is 8.23. The molecule has 19 heavy (non-hydrogen) atoms. The van der Waals surface area contributed by atoms with Gasteiger partial charge in [0, 0.05) is 31.8 Å². The summed E-state index contributed by atoms with van der Waals surface area (Å²) in [5.41, 5.74) is 0.397. The Morgan fingerprint density at radius 3 is 2.11 bits per heavy atom. The van der Waals surface area contributed by atoms with Gasteiger partial charge in [-0.25, -0.2) is 5.32 Å². The van der Waals surface area contributed by atoms with Gasteiger partial charge in [0.1, 0.15) is 13.1 Å². The first kappa shape index (κ1) is 15.3. The van der Waals surface area contributed by atoms with E-state index in [0.29, 0.717) is 11.5 Å². The molecule has 0 amide bonds. The lowest BCUT2D eigenvalue weighted by Gasteiger charge is -2.43. The largest absolute Gasteiger partial charge is 0.393 e. The van der Waals surface area contributed by atoms with Crippen molar-refractivity contribution in [2.75, 3.05) is 26.2 Å². The Hall–Kier alpha value is -0.120. The van der Waals surface area contributed by atoms with Crippen molar-refractivity contribution >= 4 is 0 Å². The molecule has 3 saturated heterocycles. The second kappa shape index (κ2) is 7.05. The van der Waals surface area contributed by atoms with Gasteiger partial charge in [0.2, 0.25) is 0 Å². The SMILES string of the molecule is C1CCC[N]CC1.CC(O)C(C)C12CCC[N+]1CC2. The van der Waals surface area contributed by atoms with Crippen LogP contribution in [-0.2, 0) is 0 Å². The summed E-state index contributed by atoms with van der Waals surface area (Å²) < 4.78 is 0. The number of rotatable bonds is 2. The van der Waals surface area contributed by atoms with Crippen LogP contribution in [0.5, 0.6) is 0 Å². The Morgan fingerprint density at radius 1 is 0.947 bits per heavy atom. The van der Waals surface area contributed by atoms with Crippen molar-refractivity contribution in [3.05, 3.63) is 0 Å². The van der Waals surface area contributed by atoms with Crippen LogP contribution in [-0.4, -0.2) is 42.9 Å². The van der Waals surface area contributed by atoms with E-state index in [1.165, 1.54) is 58.0 Å². The molecule has 3 rings (SSSR count). The highest BCUT2D eigenvalue weighted by Gasteiger charge is 2.61. The van der Waals surface area contributed by atoms with Crippen LogP contribution in [0.3, 0.4) is 0 Å². The summed E-state index contributed by atoms with van der Waals surface area (Å²) in [4.78, 5) is 2.56. The highest BCUT2D eigenvalue weighted by atomic mass is 16.3. The summed E-state index contributed by atoms with van der Waals surface area (Å²) >= 11 is 0. The average molecular weight is 267 g/mol. The van der Waals surface area contributed by atoms with Gasteiger partial charge in [0.25, 0.3) is 0 Å². The summed E-state index contributed by atoms with van der Waals surface area (Å²) in [5, 5.41) is 13.8. The molecule has 3 fully saturated rings. The summed E-state index contributed by atoms with van der Waals surface area (Å²) in [7, 11) is 0. The fraction of sp³-hybridized carbons (Fsp3) is 1.00. The molecule has 3 heterocycles. The summed E-state index contributed by atoms with van der Waals surface area (Å²) in [6, 6.07) is 0. The molecule has 0 aromatic carbocycles. The lowest BCUT2D eigenvalue weighted by atomic mass is 9.72. The molecule has 0 aromatic rings. The number of fused-ring (bicyclic) bond motifs is 1. The zero-order valence-corrected chi connectivity index (χ0v) is 12.8. The molecule has 1 N–H and O–H groups in total. The topological polar surface area (TPSA) is 40.2 Å². The quantitative estimate of drug-likeness (QED) is 0.766. The van der Waals surface area contributed by atoms with Crippen molar-refractivity contribution in [2.45, 2.75) is 70.4 Å². The molecule has 3 nitrogen and oxygen atoms in total. The number of hydrogen-bond acceptors (Lipinski definition) is 2. The van der Waals surface area contributed by atoms with Crippen molar-refractivity contribution in [1.82, 2.24) is 10.2 Å². The van der Waals surface area contributed by atoms with Gasteiger partial charge in [-0.1, -0.05) is 19.8 Å². The molecule has 0 bridgehead atoms. The first-order chi connectivity index (χ1) is 9.17. The normalized spacial score (nSPS) is 34.3. The van der Waals surface area contributed by atoms with Gasteiger partial charge in [0.05, 0.1) is 12.5 Å². The maximum Gasteiger partial charge on any atom is 0.153 e. The maximum absolute atomic E-state index is 9.57. The van der Waals surface area contributed by atoms with Crippen molar-refractivity contribution in [2.24, 2.45) is 5.92 Å². The van der Waals surface area contributed by atoms with Crippen LogP contribution >= 0.6 is 0 Å². The van der Waals surface area contributed by atoms with Gasteiger partial charge in [0.15, 0.2) is 5.54 Å². The molecule has 3 atom stereocenters. The minimum absolute atomic E-state index is 0.147. The van der Waals surface area contributed by atoms with E-state index in [1.54, 1.807) is 0 Å². The number of aliphatic hydroxyl groups excluding tert-OH is 1. The number of hydrogen-bond donors (Lipinski definition) is 1. The van der Waals surface area contributed by atoms with E-state index in [4.69, 9.17) is 0 Å². The van der Waals surface area contributed by atoms with Gasteiger partial charge in [-0.3, -0.25) is 0 Å². The van der Waals surface area contributed by atoms with E-state index in [9.17, 15) is 5.11 Å². The van der Waals surface area contributed by atoms with Crippen LogP contribution in [0.1, 0.15) is 58.8 Å². The molecule has 3 heteroatoms. The van der Waals surface area contributed by atoms with Crippen molar-refractivity contribution in [3.8, 4) is 0 Å². The number of aliphatic hydroxyl groups is 1. The lowest BCUT2D eigenvalue weighted by molar-refractivity contribution is -0.00545. The fourth-order valence-electron chi connectivity index (χ4n) is 3.86. The van der Waals surface area contributed by atoms with Crippen LogP contribution in [0.25, 0.3) is 0 Å². The molecular weight excluding hydrogens is 236 g/mol. The minimum atomic E-state index is -0.147. The van der Waals surface area contributed by atoms with Crippen LogP contribution in [0.2, 0.25) is 0 Å². The molecule has 0 spiro atoms. The van der Waals surface area contributed by atoms with Gasteiger partial charge < -0.3 is 5.11 Å².